The van der Waals surface area contributed by atoms with Crippen LogP contribution in [0.25, 0.3) is 0 Å². The molecule has 1 unspecified atom stereocenters. The van der Waals surface area contributed by atoms with Gasteiger partial charge >= 0.3 is 0 Å². The molecule has 3 aromatic rings. The molecule has 7 heteroatoms. The summed E-state index contributed by atoms with van der Waals surface area (Å²) in [6, 6.07) is 20.9. The standard InChI is InChI=1S/C32H31NO6/c1-20-29(32(37)26-15-10-9-14-25(26)30(20)35)24(13-7-4-8-16-28(34)33-38)23-18-17-22(39-2)19-27(23)31(36)21-11-5-3-6-12-21/h3,5-6,9-12,14-15,17-19,24,38H,4,7-8,13,16H2,1-2H3,(H,33,34). The Morgan fingerprint density at radius 2 is 1.54 bits per heavy atom. The maximum absolute atomic E-state index is 13.9. The number of hydrogen-bond acceptors (Lipinski definition) is 6. The van der Waals surface area contributed by atoms with E-state index >= 15 is 0 Å². The van der Waals surface area contributed by atoms with Gasteiger partial charge in [0.15, 0.2) is 17.3 Å². The molecule has 1 aliphatic rings. The number of ether oxygens (including phenoxy) is 1. The molecule has 0 aromatic heterocycles. The SMILES string of the molecule is COc1ccc(C(CCCCCC(=O)NO)C2=C(C)C(=O)c3ccccc3C2=O)c(C(=O)c2ccccc2)c1. The monoisotopic (exact) mass is 525 g/mol. The van der Waals surface area contributed by atoms with E-state index in [2.05, 4.69) is 0 Å². The van der Waals surface area contributed by atoms with Gasteiger partial charge in [-0.05, 0) is 37.5 Å². The number of benzene rings is 3. The largest absolute Gasteiger partial charge is 0.497 e. The van der Waals surface area contributed by atoms with Gasteiger partial charge in [0.2, 0.25) is 5.91 Å². The summed E-state index contributed by atoms with van der Waals surface area (Å²) < 4.78 is 5.43. The summed E-state index contributed by atoms with van der Waals surface area (Å²) in [5.41, 5.74) is 4.69. The number of unbranched alkanes of at least 4 members (excludes halogenated alkanes) is 2. The number of Topliss-reactive ketones (excluding diaryl/α,β-unsaturated/α-hetero) is 2. The lowest BCUT2D eigenvalue weighted by Crippen LogP contribution is -2.25. The van der Waals surface area contributed by atoms with Crippen molar-refractivity contribution < 1.29 is 29.1 Å². The number of ketones is 3. The fourth-order valence-corrected chi connectivity index (χ4v) is 5.17. The van der Waals surface area contributed by atoms with Crippen molar-refractivity contribution in [2.75, 3.05) is 7.11 Å². The second-order valence-electron chi connectivity index (χ2n) is 9.58. The smallest absolute Gasteiger partial charge is 0.243 e. The number of fused-ring (bicyclic) bond motifs is 1. The lowest BCUT2D eigenvalue weighted by atomic mass is 9.73. The van der Waals surface area contributed by atoms with Gasteiger partial charge in [-0.1, -0.05) is 73.5 Å². The zero-order chi connectivity index (χ0) is 27.9. The number of nitrogens with one attached hydrogen (secondary N) is 1. The van der Waals surface area contributed by atoms with Crippen molar-refractivity contribution in [3.05, 3.63) is 112 Å². The van der Waals surface area contributed by atoms with Gasteiger partial charge in [0.05, 0.1) is 7.11 Å². The third-order valence-electron chi connectivity index (χ3n) is 7.19. The van der Waals surface area contributed by atoms with Gasteiger partial charge < -0.3 is 4.74 Å². The van der Waals surface area contributed by atoms with Gasteiger partial charge in [-0.2, -0.15) is 0 Å². The Labute approximate surface area is 227 Å². The summed E-state index contributed by atoms with van der Waals surface area (Å²) in [5.74, 6) is -1.11. The van der Waals surface area contributed by atoms with Crippen molar-refractivity contribution in [2.24, 2.45) is 0 Å². The maximum atomic E-state index is 13.9. The number of amides is 1. The number of carbonyl (C=O) groups is 4. The summed E-state index contributed by atoms with van der Waals surface area (Å²) in [6.45, 7) is 1.67. The minimum absolute atomic E-state index is 0.175. The first-order chi connectivity index (χ1) is 18.9. The van der Waals surface area contributed by atoms with E-state index in [-0.39, 0.29) is 23.8 Å². The molecule has 3 aromatic carbocycles. The van der Waals surface area contributed by atoms with Crippen LogP contribution in [0.3, 0.4) is 0 Å². The van der Waals surface area contributed by atoms with Crippen molar-refractivity contribution in [1.82, 2.24) is 5.48 Å². The van der Waals surface area contributed by atoms with Crippen LogP contribution in [-0.2, 0) is 4.79 Å². The molecule has 0 spiro atoms. The molecule has 1 aliphatic carbocycles. The van der Waals surface area contributed by atoms with Crippen LogP contribution in [0.4, 0.5) is 0 Å². The highest BCUT2D eigenvalue weighted by molar-refractivity contribution is 6.27. The Hall–Kier alpha value is -4.36. The van der Waals surface area contributed by atoms with Gasteiger partial charge in [-0.3, -0.25) is 24.4 Å². The Kier molecular flexibility index (Phi) is 8.84. The molecule has 0 heterocycles. The molecule has 2 N–H and O–H groups in total. The third kappa shape index (κ3) is 5.89. The summed E-state index contributed by atoms with van der Waals surface area (Å²) in [4.78, 5) is 52.4. The summed E-state index contributed by atoms with van der Waals surface area (Å²) in [7, 11) is 1.53. The number of methoxy groups -OCH3 is 1. The predicted molar refractivity (Wildman–Crippen MR) is 146 cm³/mol. The maximum Gasteiger partial charge on any atom is 0.243 e. The molecule has 0 radical (unpaired) electrons. The van der Waals surface area contributed by atoms with E-state index in [1.54, 1.807) is 79.1 Å². The Morgan fingerprint density at radius 3 is 2.21 bits per heavy atom. The number of hydroxylamine groups is 1. The average molecular weight is 526 g/mol. The number of rotatable bonds is 11. The molecule has 1 amide bonds. The van der Waals surface area contributed by atoms with Gasteiger partial charge in [0, 0.05) is 45.7 Å². The van der Waals surface area contributed by atoms with Crippen molar-refractivity contribution in [1.29, 1.82) is 0 Å². The van der Waals surface area contributed by atoms with Gasteiger partial charge in [0.1, 0.15) is 5.75 Å². The van der Waals surface area contributed by atoms with Gasteiger partial charge in [0.25, 0.3) is 0 Å². The Morgan fingerprint density at radius 1 is 0.872 bits per heavy atom. The molecule has 0 fully saturated rings. The number of carbonyl (C=O) groups excluding carboxylic acids is 4. The molecule has 7 nitrogen and oxygen atoms in total. The molecule has 200 valence electrons. The van der Waals surface area contributed by atoms with Crippen LogP contribution in [0.1, 0.15) is 87.1 Å². The Bertz CT molecular complexity index is 1440. The average Bonchev–Trinajstić information content (AvgIpc) is 2.98. The van der Waals surface area contributed by atoms with Crippen LogP contribution in [-0.4, -0.2) is 35.6 Å². The summed E-state index contributed by atoms with van der Waals surface area (Å²) in [5, 5.41) is 8.76. The quantitative estimate of drug-likeness (QED) is 0.140. The van der Waals surface area contributed by atoms with E-state index in [4.69, 9.17) is 9.94 Å². The number of allylic oxidation sites excluding steroid dienone is 2. The highest BCUT2D eigenvalue weighted by Gasteiger charge is 2.36. The molecule has 39 heavy (non-hydrogen) atoms. The summed E-state index contributed by atoms with van der Waals surface area (Å²) in [6.07, 6.45) is 2.50. The Balaban J connectivity index is 1.80. The minimum Gasteiger partial charge on any atom is -0.497 e. The highest BCUT2D eigenvalue weighted by Crippen LogP contribution is 2.41. The molecule has 4 rings (SSSR count). The van der Waals surface area contributed by atoms with E-state index in [9.17, 15) is 19.2 Å². The van der Waals surface area contributed by atoms with E-state index in [0.29, 0.717) is 70.4 Å². The fraction of sp³-hybridized carbons (Fsp3) is 0.250. The van der Waals surface area contributed by atoms with Gasteiger partial charge in [-0.25, -0.2) is 5.48 Å². The topological polar surface area (TPSA) is 110 Å². The second kappa shape index (κ2) is 12.5. The first kappa shape index (κ1) is 27.7. The van der Waals surface area contributed by atoms with Crippen molar-refractivity contribution in [3.63, 3.8) is 0 Å². The van der Waals surface area contributed by atoms with Crippen molar-refractivity contribution in [2.45, 2.75) is 44.9 Å². The van der Waals surface area contributed by atoms with Crippen LogP contribution in [0.5, 0.6) is 5.75 Å². The lowest BCUT2D eigenvalue weighted by Gasteiger charge is -2.28. The predicted octanol–water partition coefficient (Wildman–Crippen LogP) is 5.86. The highest BCUT2D eigenvalue weighted by atomic mass is 16.5. The zero-order valence-electron chi connectivity index (χ0n) is 22.0. The van der Waals surface area contributed by atoms with Crippen molar-refractivity contribution in [3.8, 4) is 5.75 Å². The molecule has 0 saturated heterocycles. The molecular weight excluding hydrogens is 494 g/mol. The second-order valence-corrected chi connectivity index (χ2v) is 9.58. The zero-order valence-corrected chi connectivity index (χ0v) is 22.0. The first-order valence-electron chi connectivity index (χ1n) is 13.0. The molecule has 0 saturated carbocycles. The molecule has 0 bridgehead atoms. The van der Waals surface area contributed by atoms with Crippen LogP contribution in [0.15, 0.2) is 83.9 Å². The van der Waals surface area contributed by atoms with Crippen LogP contribution < -0.4 is 10.2 Å². The summed E-state index contributed by atoms with van der Waals surface area (Å²) >= 11 is 0. The lowest BCUT2D eigenvalue weighted by molar-refractivity contribution is -0.129. The van der Waals surface area contributed by atoms with E-state index in [1.165, 1.54) is 7.11 Å². The minimum atomic E-state index is -0.532. The van der Waals surface area contributed by atoms with E-state index in [1.807, 2.05) is 6.07 Å². The molecule has 0 aliphatic heterocycles. The van der Waals surface area contributed by atoms with E-state index < -0.39 is 11.8 Å². The van der Waals surface area contributed by atoms with E-state index in [0.717, 1.165) is 0 Å². The number of hydrogen-bond donors (Lipinski definition) is 2. The third-order valence-corrected chi connectivity index (χ3v) is 7.19. The van der Waals surface area contributed by atoms with Crippen molar-refractivity contribution >= 4 is 23.3 Å². The first-order valence-corrected chi connectivity index (χ1v) is 13.0. The van der Waals surface area contributed by atoms with Crippen LogP contribution in [0, 0.1) is 0 Å². The van der Waals surface area contributed by atoms with Gasteiger partial charge in [-0.15, -0.1) is 0 Å². The van der Waals surface area contributed by atoms with Crippen LogP contribution >= 0.6 is 0 Å². The molecular formula is C32H31NO6. The molecule has 1 atom stereocenters. The van der Waals surface area contributed by atoms with Crippen LogP contribution in [0.2, 0.25) is 0 Å². The fourth-order valence-electron chi connectivity index (χ4n) is 5.17. The normalized spacial score (nSPS) is 13.6.